The van der Waals surface area contributed by atoms with Crippen molar-refractivity contribution >= 4 is 12.0 Å². The molecule has 1 rings (SSSR count). The molecule has 0 aromatic rings. The first kappa shape index (κ1) is 13.1. The Kier molecular flexibility index (Phi) is 6.02. The first-order valence-electron chi connectivity index (χ1n) is 6.48. The maximum atomic E-state index is 11.1. The second kappa shape index (κ2) is 7.34. The summed E-state index contributed by atoms with van der Waals surface area (Å²) in [6.45, 7) is 2.23. The SMILES string of the molecule is CCCCCCC[C@@H]1C[C@H]1CC(=O)C=[N+]=[N-]. The highest BCUT2D eigenvalue weighted by molar-refractivity contribution is 6.25. The van der Waals surface area contributed by atoms with Crippen LogP contribution < -0.4 is 0 Å². The molecule has 0 aromatic carbocycles. The highest BCUT2D eigenvalue weighted by Gasteiger charge is 2.37. The summed E-state index contributed by atoms with van der Waals surface area (Å²) in [5, 5.41) is 0. The van der Waals surface area contributed by atoms with Gasteiger partial charge >= 0.3 is 6.21 Å². The van der Waals surface area contributed by atoms with Crippen molar-refractivity contribution in [2.75, 3.05) is 0 Å². The molecule has 1 saturated carbocycles. The topological polar surface area (TPSA) is 53.5 Å². The van der Waals surface area contributed by atoms with Crippen LogP contribution in [0.2, 0.25) is 0 Å². The molecule has 0 unspecified atom stereocenters. The molecule has 0 radical (unpaired) electrons. The largest absolute Gasteiger partial charge is 0.361 e. The molecular formula is C13H22N2O. The summed E-state index contributed by atoms with van der Waals surface area (Å²) in [7, 11) is 0. The number of hydrogen-bond donors (Lipinski definition) is 0. The van der Waals surface area contributed by atoms with Crippen molar-refractivity contribution < 1.29 is 9.58 Å². The molecule has 0 N–H and O–H groups in total. The van der Waals surface area contributed by atoms with E-state index in [1.807, 2.05) is 0 Å². The van der Waals surface area contributed by atoms with E-state index in [0.717, 1.165) is 12.1 Å². The molecule has 1 fully saturated rings. The van der Waals surface area contributed by atoms with Gasteiger partial charge in [-0.3, -0.25) is 4.79 Å². The maximum absolute atomic E-state index is 11.1. The molecule has 0 bridgehead atoms. The minimum Gasteiger partial charge on any atom is -0.361 e. The van der Waals surface area contributed by atoms with Gasteiger partial charge in [-0.25, -0.2) is 0 Å². The summed E-state index contributed by atoms with van der Waals surface area (Å²) >= 11 is 0. The normalized spacial score (nSPS) is 22.6. The Labute approximate surface area is 97.9 Å². The zero-order chi connectivity index (χ0) is 11.8. The molecule has 1 aliphatic rings. The number of hydrogen-bond acceptors (Lipinski definition) is 1. The molecule has 3 nitrogen and oxygen atoms in total. The second-order valence-corrected chi connectivity index (χ2v) is 4.87. The van der Waals surface area contributed by atoms with E-state index < -0.39 is 0 Å². The molecule has 0 aromatic heterocycles. The summed E-state index contributed by atoms with van der Waals surface area (Å²) in [5.41, 5.74) is 8.21. The van der Waals surface area contributed by atoms with Gasteiger partial charge in [-0.2, -0.15) is 4.79 Å². The number of nitrogens with zero attached hydrogens (tertiary/aromatic N) is 2. The fraction of sp³-hybridized carbons (Fsp3) is 0.846. The van der Waals surface area contributed by atoms with Gasteiger partial charge in [0.2, 0.25) is 5.78 Å². The summed E-state index contributed by atoms with van der Waals surface area (Å²) in [4.78, 5) is 13.9. The van der Waals surface area contributed by atoms with E-state index in [1.165, 1.54) is 44.9 Å². The molecular weight excluding hydrogens is 200 g/mol. The molecule has 0 heterocycles. The quantitative estimate of drug-likeness (QED) is 0.256. The van der Waals surface area contributed by atoms with Crippen LogP contribution in [-0.4, -0.2) is 16.8 Å². The Hall–Kier alpha value is -0.950. The van der Waals surface area contributed by atoms with Crippen molar-refractivity contribution in [3.8, 4) is 0 Å². The van der Waals surface area contributed by atoms with Crippen LogP contribution in [0.3, 0.4) is 0 Å². The van der Waals surface area contributed by atoms with Crippen LogP contribution in [0.25, 0.3) is 5.53 Å². The number of carbonyl (C=O) groups is 1. The predicted molar refractivity (Wildman–Crippen MR) is 64.3 cm³/mol. The average Bonchev–Trinajstić information content (AvgIpc) is 2.96. The Bertz CT molecular complexity index is 269. The lowest BCUT2D eigenvalue weighted by Crippen LogP contribution is -2.01. The number of rotatable bonds is 9. The lowest BCUT2D eigenvalue weighted by atomic mass is 10.1. The molecule has 3 heteroatoms. The van der Waals surface area contributed by atoms with Gasteiger partial charge in [-0.15, -0.1) is 0 Å². The van der Waals surface area contributed by atoms with Crippen molar-refractivity contribution in [3.63, 3.8) is 0 Å². The van der Waals surface area contributed by atoms with Gasteiger partial charge in [0.05, 0.1) is 0 Å². The van der Waals surface area contributed by atoms with E-state index in [0.29, 0.717) is 12.3 Å². The molecule has 1 aliphatic carbocycles. The van der Waals surface area contributed by atoms with Crippen molar-refractivity contribution in [2.45, 2.75) is 58.3 Å². The van der Waals surface area contributed by atoms with Crippen LogP contribution in [-0.2, 0) is 4.79 Å². The van der Waals surface area contributed by atoms with E-state index in [-0.39, 0.29) is 5.78 Å². The van der Waals surface area contributed by atoms with E-state index in [2.05, 4.69) is 11.7 Å². The molecule has 2 atom stereocenters. The summed E-state index contributed by atoms with van der Waals surface area (Å²) in [6.07, 6.45) is 10.7. The average molecular weight is 222 g/mol. The fourth-order valence-electron chi connectivity index (χ4n) is 2.30. The third-order valence-corrected chi connectivity index (χ3v) is 3.41. The monoisotopic (exact) mass is 222 g/mol. The molecule has 0 saturated heterocycles. The Morgan fingerprint density at radius 3 is 2.75 bits per heavy atom. The van der Waals surface area contributed by atoms with Crippen molar-refractivity contribution in [1.29, 1.82) is 0 Å². The number of carbonyl (C=O) groups excluding carboxylic acids is 1. The van der Waals surface area contributed by atoms with Gasteiger partial charge in [0, 0.05) is 6.42 Å². The fourth-order valence-corrected chi connectivity index (χ4v) is 2.30. The summed E-state index contributed by atoms with van der Waals surface area (Å²) < 4.78 is 0. The van der Waals surface area contributed by atoms with Crippen LogP contribution in [0.1, 0.15) is 58.3 Å². The summed E-state index contributed by atoms with van der Waals surface area (Å²) in [5.74, 6) is 1.29. The molecule has 0 spiro atoms. The third kappa shape index (κ3) is 5.22. The van der Waals surface area contributed by atoms with Gasteiger partial charge in [-0.05, 0) is 18.3 Å². The Balaban J connectivity index is 1.98. The van der Waals surface area contributed by atoms with Gasteiger partial charge < -0.3 is 5.53 Å². The highest BCUT2D eigenvalue weighted by atomic mass is 16.1. The number of unbranched alkanes of at least 4 members (excludes halogenated alkanes) is 4. The minimum absolute atomic E-state index is 0.0408. The minimum atomic E-state index is -0.0408. The second-order valence-electron chi connectivity index (χ2n) is 4.87. The number of ketones is 1. The predicted octanol–water partition coefficient (Wildman–Crippen LogP) is 3.24. The van der Waals surface area contributed by atoms with Gasteiger partial charge in [-0.1, -0.05) is 45.4 Å². The van der Waals surface area contributed by atoms with Crippen molar-refractivity contribution in [1.82, 2.24) is 0 Å². The van der Waals surface area contributed by atoms with Crippen molar-refractivity contribution in [3.05, 3.63) is 5.53 Å². The number of Topliss-reactive ketones (excluding diaryl/α,β-unsaturated/α-hetero) is 1. The summed E-state index contributed by atoms with van der Waals surface area (Å²) in [6, 6.07) is 0. The third-order valence-electron chi connectivity index (χ3n) is 3.41. The Morgan fingerprint density at radius 1 is 1.31 bits per heavy atom. The van der Waals surface area contributed by atoms with Crippen LogP contribution in [0, 0.1) is 11.8 Å². The first-order chi connectivity index (χ1) is 7.77. The van der Waals surface area contributed by atoms with E-state index >= 15 is 0 Å². The lowest BCUT2D eigenvalue weighted by molar-refractivity contribution is -0.116. The van der Waals surface area contributed by atoms with Gasteiger partial charge in [0.15, 0.2) is 0 Å². The highest BCUT2D eigenvalue weighted by Crippen LogP contribution is 2.44. The molecule has 0 amide bonds. The van der Waals surface area contributed by atoms with Gasteiger partial charge in [0.25, 0.3) is 0 Å². The van der Waals surface area contributed by atoms with E-state index in [4.69, 9.17) is 5.53 Å². The van der Waals surface area contributed by atoms with Gasteiger partial charge in [0.1, 0.15) is 0 Å². The Morgan fingerprint density at radius 2 is 2.06 bits per heavy atom. The maximum Gasteiger partial charge on any atom is 0.323 e. The van der Waals surface area contributed by atoms with Crippen LogP contribution in [0.5, 0.6) is 0 Å². The first-order valence-corrected chi connectivity index (χ1v) is 6.48. The molecule has 16 heavy (non-hydrogen) atoms. The van der Waals surface area contributed by atoms with Crippen LogP contribution in [0.15, 0.2) is 0 Å². The standard InChI is InChI=1S/C13H22N2O/c1-2-3-4-5-6-7-11-8-12(11)9-13(16)10-15-14/h10-12H,2-9H2,1H3/t11-,12+/m1/s1. The van der Waals surface area contributed by atoms with Crippen LogP contribution >= 0.6 is 0 Å². The molecule has 0 aliphatic heterocycles. The lowest BCUT2D eigenvalue weighted by Gasteiger charge is -1.99. The zero-order valence-electron chi connectivity index (χ0n) is 10.2. The molecule has 90 valence electrons. The van der Waals surface area contributed by atoms with Crippen LogP contribution in [0.4, 0.5) is 0 Å². The van der Waals surface area contributed by atoms with Crippen molar-refractivity contribution in [2.24, 2.45) is 11.8 Å². The smallest absolute Gasteiger partial charge is 0.323 e. The zero-order valence-corrected chi connectivity index (χ0v) is 10.2. The van der Waals surface area contributed by atoms with E-state index in [1.54, 1.807) is 0 Å². The van der Waals surface area contributed by atoms with E-state index in [9.17, 15) is 4.79 Å².